The Hall–Kier alpha value is -9.75. The number of benzene rings is 5. The second-order valence-corrected chi connectivity index (χ2v) is 25.8. The van der Waals surface area contributed by atoms with Crippen molar-refractivity contribution in [3.8, 4) is 71.9 Å². The summed E-state index contributed by atoms with van der Waals surface area (Å²) >= 11 is 2.10. The van der Waals surface area contributed by atoms with Crippen LogP contribution in [0.1, 0.15) is 98.5 Å². The number of fused-ring (bicyclic) bond motifs is 8. The number of H-pyrrole nitrogens is 2. The highest BCUT2D eigenvalue weighted by Crippen LogP contribution is 2.66. The maximum atomic E-state index is 16.3. The molecule has 3 aliphatic rings. The van der Waals surface area contributed by atoms with E-state index < -0.39 is 34.9 Å². The van der Waals surface area contributed by atoms with Crippen LogP contribution in [0.15, 0.2) is 133 Å². The Bertz CT molecular complexity index is 4940. The summed E-state index contributed by atoms with van der Waals surface area (Å²) in [6.07, 6.45) is 8.02. The molecule has 0 saturated carbocycles. The molecule has 2 N–H and O–H groups in total. The van der Waals surface area contributed by atoms with Crippen LogP contribution >= 0.6 is 22.7 Å². The fourth-order valence-corrected chi connectivity index (χ4v) is 15.1. The number of aromatic amines is 2. The van der Waals surface area contributed by atoms with E-state index in [2.05, 4.69) is 93.7 Å². The van der Waals surface area contributed by atoms with Crippen LogP contribution < -0.4 is 4.74 Å². The maximum Gasteiger partial charge on any atom is 0.380 e. The number of carbonyl (C=O) groups excluding carboxylic acids is 1. The number of methoxy groups -OCH3 is 2. The number of carbonyl (C=O) groups is 1. The number of nitrogens with one attached hydrogen (secondary N) is 2. The fourth-order valence-electron chi connectivity index (χ4n) is 13.0. The van der Waals surface area contributed by atoms with Gasteiger partial charge >= 0.3 is 23.7 Å². The molecule has 10 aromatic rings. The van der Waals surface area contributed by atoms with Crippen molar-refractivity contribution in [2.75, 3.05) is 14.2 Å². The average molecular weight is 1250 g/mol. The van der Waals surface area contributed by atoms with Gasteiger partial charge in [-0.2, -0.15) is 26.3 Å². The van der Waals surface area contributed by atoms with E-state index in [9.17, 15) is 4.79 Å². The fraction of sp³-hybridized carbons (Fsp3) is 0.171. The first kappa shape index (κ1) is 60.2. The van der Waals surface area contributed by atoms with Crippen molar-refractivity contribution >= 4 is 86.2 Å². The van der Waals surface area contributed by atoms with E-state index in [1.54, 1.807) is 60.7 Å². The van der Waals surface area contributed by atoms with Crippen LogP contribution in [0.3, 0.4) is 0 Å². The third-order valence-corrected chi connectivity index (χ3v) is 19.3. The minimum atomic E-state index is -5.72. The van der Waals surface area contributed by atoms with Gasteiger partial charge in [0, 0.05) is 69.5 Å². The van der Waals surface area contributed by atoms with Gasteiger partial charge in [0.2, 0.25) is 0 Å². The minimum Gasteiger partial charge on any atom is -0.497 e. The lowest BCUT2D eigenvalue weighted by molar-refractivity contribution is -0.254. The van der Waals surface area contributed by atoms with Crippen molar-refractivity contribution in [3.63, 3.8) is 0 Å². The van der Waals surface area contributed by atoms with Gasteiger partial charge in [0.25, 0.3) is 0 Å². The van der Waals surface area contributed by atoms with Crippen molar-refractivity contribution in [1.82, 2.24) is 19.9 Å². The van der Waals surface area contributed by atoms with Crippen molar-refractivity contribution in [1.29, 1.82) is 0 Å². The molecule has 1 aliphatic carbocycles. The molecule has 0 amide bonds. The molecule has 0 unspecified atom stereocenters. The van der Waals surface area contributed by atoms with Crippen LogP contribution in [0.5, 0.6) is 5.75 Å². The number of hydrogen-bond donors (Lipinski definition) is 2. The Kier molecular flexibility index (Phi) is 15.0. The molecular weight excluding hydrogens is 1190 g/mol. The second-order valence-electron chi connectivity index (χ2n) is 23.3. The summed E-state index contributed by atoms with van der Waals surface area (Å²) in [5.74, 6) is -9.20. The number of ether oxygens (including phenoxy) is 2. The number of aryl methyl sites for hydroxylation is 8. The molecule has 5 aromatic carbocycles. The lowest BCUT2D eigenvalue weighted by atomic mass is 9.92. The molecule has 0 atom stereocenters. The zero-order valence-electron chi connectivity index (χ0n) is 51.2. The van der Waals surface area contributed by atoms with E-state index in [0.717, 1.165) is 112 Å². The summed E-state index contributed by atoms with van der Waals surface area (Å²) in [4.78, 5) is 32.4. The topological polar surface area (TPSA) is 92.9 Å². The van der Waals surface area contributed by atoms with Gasteiger partial charge < -0.3 is 19.4 Å². The Morgan fingerprint density at radius 1 is 0.462 bits per heavy atom. The first-order valence-electron chi connectivity index (χ1n) is 29.3. The van der Waals surface area contributed by atoms with E-state index >= 15 is 26.3 Å². The monoisotopic (exact) mass is 1250 g/mol. The highest BCUT2D eigenvalue weighted by molar-refractivity contribution is 7.16. The van der Waals surface area contributed by atoms with Crippen molar-refractivity contribution in [3.05, 3.63) is 227 Å². The number of rotatable bonds is 9. The SMILES string of the molecule is COC(=O)c1ccc(-c2c3nc(c(-c4c(C)cc(C)cc4C)c4ccc([nH]4)c(C#Cc4ccc(-c5cc(C6=C(c7cc(-c8ccc(OC)cc8)sc7C)C(F)(F)C(F)(F)C6(F)F)c(C)s5)cc4)c4nc(c(-c5c(C)cc(C)cc5C)c5ccc2[nH]5)C=C4)C=C3)cc1. The van der Waals surface area contributed by atoms with Crippen LogP contribution in [0.4, 0.5) is 26.3 Å². The van der Waals surface area contributed by atoms with Crippen molar-refractivity contribution in [2.24, 2.45) is 0 Å². The second kappa shape index (κ2) is 22.6. The molecule has 2 aliphatic heterocycles. The van der Waals surface area contributed by atoms with Crippen LogP contribution in [0, 0.1) is 67.2 Å². The first-order valence-corrected chi connectivity index (χ1v) is 31.0. The molecule has 15 heteroatoms. The highest BCUT2D eigenvalue weighted by Gasteiger charge is 2.80. The molecule has 0 fully saturated rings. The summed E-state index contributed by atoms with van der Waals surface area (Å²) in [5.41, 5.74) is 16.8. The van der Waals surface area contributed by atoms with Crippen LogP contribution in [-0.2, 0) is 4.74 Å². The molecule has 0 radical (unpaired) electrons. The molecule has 91 heavy (non-hydrogen) atoms. The lowest BCUT2D eigenvalue weighted by Gasteiger charge is -2.25. The molecule has 7 heterocycles. The number of esters is 1. The van der Waals surface area contributed by atoms with Crippen molar-refractivity contribution in [2.45, 2.75) is 73.2 Å². The normalized spacial score (nSPS) is 14.5. The Morgan fingerprint density at radius 2 is 0.868 bits per heavy atom. The van der Waals surface area contributed by atoms with Gasteiger partial charge in [0.15, 0.2) is 0 Å². The van der Waals surface area contributed by atoms with Gasteiger partial charge in [0.1, 0.15) is 5.75 Å². The third kappa shape index (κ3) is 10.2. The van der Waals surface area contributed by atoms with E-state index in [4.69, 9.17) is 19.4 Å². The molecular formula is C76H58F6N4O3S2. The number of hydrogen-bond acceptors (Lipinski definition) is 7. The summed E-state index contributed by atoms with van der Waals surface area (Å²) in [5, 5.41) is 0. The summed E-state index contributed by atoms with van der Waals surface area (Å²) < 4.78 is 107. The summed E-state index contributed by atoms with van der Waals surface area (Å²) in [6, 6.07) is 40.4. The molecule has 5 aromatic heterocycles. The Balaban J connectivity index is 0.979. The van der Waals surface area contributed by atoms with Gasteiger partial charge in [-0.25, -0.2) is 14.8 Å². The van der Waals surface area contributed by atoms with Crippen molar-refractivity contribution < 1.29 is 40.6 Å². The van der Waals surface area contributed by atoms with E-state index in [1.165, 1.54) is 40.2 Å². The number of nitrogens with zero attached hydrogens (tertiary/aromatic N) is 2. The zero-order valence-corrected chi connectivity index (χ0v) is 52.8. The third-order valence-electron chi connectivity index (χ3n) is 17.1. The van der Waals surface area contributed by atoms with Crippen LogP contribution in [0.2, 0.25) is 0 Å². The Morgan fingerprint density at radius 3 is 1.34 bits per heavy atom. The molecule has 13 rings (SSSR count). The number of thiophene rings is 2. The smallest absolute Gasteiger partial charge is 0.380 e. The first-order chi connectivity index (χ1) is 43.5. The Labute approximate surface area is 530 Å². The lowest BCUT2D eigenvalue weighted by Crippen LogP contribution is -2.48. The van der Waals surface area contributed by atoms with Gasteiger partial charge in [-0.1, -0.05) is 71.5 Å². The molecule has 8 bridgehead atoms. The van der Waals surface area contributed by atoms with Gasteiger partial charge in [-0.3, -0.25) is 0 Å². The van der Waals surface area contributed by atoms with E-state index in [1.807, 2.05) is 54.6 Å². The highest BCUT2D eigenvalue weighted by atomic mass is 32.1. The number of halogens is 6. The quantitative estimate of drug-likeness (QED) is 0.0853. The summed E-state index contributed by atoms with van der Waals surface area (Å²) in [7, 11) is 2.85. The van der Waals surface area contributed by atoms with Crippen LogP contribution in [-0.4, -0.2) is 57.9 Å². The zero-order chi connectivity index (χ0) is 64.2. The van der Waals surface area contributed by atoms with Gasteiger partial charge in [-0.05, 0) is 226 Å². The molecule has 454 valence electrons. The van der Waals surface area contributed by atoms with E-state index in [-0.39, 0.29) is 20.9 Å². The predicted octanol–water partition coefficient (Wildman–Crippen LogP) is 20.6. The van der Waals surface area contributed by atoms with Crippen LogP contribution in [0.25, 0.3) is 112 Å². The largest absolute Gasteiger partial charge is 0.497 e. The minimum absolute atomic E-state index is 0.172. The molecule has 7 nitrogen and oxygen atoms in total. The number of aromatic nitrogens is 4. The predicted molar refractivity (Wildman–Crippen MR) is 358 cm³/mol. The standard InChI is InChI=1S/C76H58F6N4O3S2/c1-39-33-41(3)66(42(4)34-39)69-60-27-25-56(83-60)53(57-26-28-61(84-57)70(67-43(5)35-40(2)36-44(67)6)63-32-30-59(86-63)68(58-29-31-62(69)85-58)50-16-18-51(19-17-50)73(87)89-10)24-13-47-11-14-48(15-12-47)64-37-54(45(7)90-64)71-72(75(79,80)76(81,82)74(71,77)78)55-38-65(91-46(55)8)49-20-22-52(88-9)23-21-49/h11-12,14-23,25-38,83,86H,1-10H3. The van der Waals surface area contributed by atoms with Gasteiger partial charge in [0.05, 0.1) is 53.6 Å². The molecule has 0 saturated heterocycles. The molecule has 0 spiro atoms. The average Bonchev–Trinajstić information content (AvgIpc) is 1.53. The maximum absolute atomic E-state index is 16.3. The number of alkyl halides is 6. The number of allylic oxidation sites excluding steroid dienone is 2. The van der Waals surface area contributed by atoms with Gasteiger partial charge in [-0.15, -0.1) is 22.7 Å². The summed E-state index contributed by atoms with van der Waals surface area (Å²) in [6.45, 7) is 15.5. The van der Waals surface area contributed by atoms with E-state index in [0.29, 0.717) is 65.9 Å².